The van der Waals surface area contributed by atoms with Crippen molar-refractivity contribution in [2.45, 2.75) is 32.7 Å². The zero-order chi connectivity index (χ0) is 12.3. The van der Waals surface area contributed by atoms with E-state index in [9.17, 15) is 4.39 Å². The lowest BCUT2D eigenvalue weighted by Gasteiger charge is -2.32. The van der Waals surface area contributed by atoms with Crippen molar-refractivity contribution in [3.05, 3.63) is 34.1 Å². The van der Waals surface area contributed by atoms with E-state index in [1.54, 1.807) is 12.1 Å². The Kier molecular flexibility index (Phi) is 4.57. The SMILES string of the molecule is CCC1CCCN(Cc2ccc(F)cc2Br)C1. The normalized spacial score (nSPS) is 21.7. The summed E-state index contributed by atoms with van der Waals surface area (Å²) in [6, 6.07) is 4.98. The lowest BCUT2D eigenvalue weighted by atomic mass is 9.95. The van der Waals surface area contributed by atoms with Crippen molar-refractivity contribution in [2.24, 2.45) is 5.92 Å². The topological polar surface area (TPSA) is 3.24 Å². The number of piperidine rings is 1. The molecule has 1 atom stereocenters. The van der Waals surface area contributed by atoms with Gasteiger partial charge in [-0.15, -0.1) is 0 Å². The van der Waals surface area contributed by atoms with Gasteiger partial charge in [0, 0.05) is 17.6 Å². The van der Waals surface area contributed by atoms with Crippen LogP contribution in [0.15, 0.2) is 22.7 Å². The highest BCUT2D eigenvalue weighted by Crippen LogP contribution is 2.24. The molecular formula is C14H19BrFN. The molecule has 1 nitrogen and oxygen atoms in total. The van der Waals surface area contributed by atoms with Crippen LogP contribution in [0.4, 0.5) is 4.39 Å². The summed E-state index contributed by atoms with van der Waals surface area (Å²) in [6.45, 7) is 5.54. The second-order valence-electron chi connectivity index (χ2n) is 4.89. The number of hydrogen-bond acceptors (Lipinski definition) is 1. The fraction of sp³-hybridized carbons (Fsp3) is 0.571. The molecule has 2 rings (SSSR count). The molecule has 0 bridgehead atoms. The lowest BCUT2D eigenvalue weighted by Crippen LogP contribution is -2.34. The van der Waals surface area contributed by atoms with Gasteiger partial charge in [0.15, 0.2) is 0 Å². The van der Waals surface area contributed by atoms with Crippen LogP contribution in [-0.4, -0.2) is 18.0 Å². The second kappa shape index (κ2) is 5.96. The highest BCUT2D eigenvalue weighted by molar-refractivity contribution is 9.10. The summed E-state index contributed by atoms with van der Waals surface area (Å²) >= 11 is 3.44. The van der Waals surface area contributed by atoms with E-state index in [0.29, 0.717) is 0 Å². The van der Waals surface area contributed by atoms with E-state index in [1.807, 2.05) is 6.07 Å². The van der Waals surface area contributed by atoms with Crippen LogP contribution in [0.5, 0.6) is 0 Å². The van der Waals surface area contributed by atoms with Gasteiger partial charge in [0.05, 0.1) is 0 Å². The standard InChI is InChI=1S/C14H19BrFN/c1-2-11-4-3-7-17(9-11)10-12-5-6-13(16)8-14(12)15/h5-6,8,11H,2-4,7,9-10H2,1H3. The van der Waals surface area contributed by atoms with Gasteiger partial charge in [0.1, 0.15) is 5.82 Å². The maximum Gasteiger partial charge on any atom is 0.124 e. The van der Waals surface area contributed by atoms with Gasteiger partial charge in [-0.1, -0.05) is 35.3 Å². The Hall–Kier alpha value is -0.410. The molecule has 0 aromatic heterocycles. The van der Waals surface area contributed by atoms with Crippen molar-refractivity contribution in [1.82, 2.24) is 4.90 Å². The van der Waals surface area contributed by atoms with E-state index in [2.05, 4.69) is 27.8 Å². The number of hydrogen-bond donors (Lipinski definition) is 0. The largest absolute Gasteiger partial charge is 0.299 e. The first-order chi connectivity index (χ1) is 8.19. The second-order valence-corrected chi connectivity index (χ2v) is 5.74. The fourth-order valence-electron chi connectivity index (χ4n) is 2.52. The van der Waals surface area contributed by atoms with Gasteiger partial charge in [0.2, 0.25) is 0 Å². The molecular weight excluding hydrogens is 281 g/mol. The summed E-state index contributed by atoms with van der Waals surface area (Å²) in [5, 5.41) is 0. The molecule has 0 spiro atoms. The van der Waals surface area contributed by atoms with Crippen molar-refractivity contribution >= 4 is 15.9 Å². The first-order valence-electron chi connectivity index (χ1n) is 6.35. The monoisotopic (exact) mass is 299 g/mol. The summed E-state index contributed by atoms with van der Waals surface area (Å²) in [7, 11) is 0. The predicted octanol–water partition coefficient (Wildman–Crippen LogP) is 4.21. The van der Waals surface area contributed by atoms with Gasteiger partial charge in [-0.05, 0) is 43.0 Å². The number of halogens is 2. The maximum absolute atomic E-state index is 13.0. The van der Waals surface area contributed by atoms with Gasteiger partial charge in [-0.2, -0.15) is 0 Å². The number of nitrogens with zero attached hydrogens (tertiary/aromatic N) is 1. The molecule has 3 heteroatoms. The zero-order valence-electron chi connectivity index (χ0n) is 10.3. The number of rotatable bonds is 3. The zero-order valence-corrected chi connectivity index (χ0v) is 11.8. The predicted molar refractivity (Wildman–Crippen MR) is 72.4 cm³/mol. The van der Waals surface area contributed by atoms with Crippen LogP contribution in [0, 0.1) is 11.7 Å². The molecule has 1 aromatic carbocycles. The van der Waals surface area contributed by atoms with Crippen LogP contribution >= 0.6 is 15.9 Å². The van der Waals surface area contributed by atoms with Gasteiger partial charge in [-0.25, -0.2) is 4.39 Å². The van der Waals surface area contributed by atoms with E-state index in [0.717, 1.165) is 16.9 Å². The Balaban J connectivity index is 2.00. The molecule has 1 fully saturated rings. The van der Waals surface area contributed by atoms with E-state index < -0.39 is 0 Å². The highest BCUT2D eigenvalue weighted by atomic mass is 79.9. The van der Waals surface area contributed by atoms with E-state index in [-0.39, 0.29) is 5.82 Å². The van der Waals surface area contributed by atoms with Gasteiger partial charge in [-0.3, -0.25) is 4.90 Å². The van der Waals surface area contributed by atoms with E-state index in [4.69, 9.17) is 0 Å². The molecule has 0 N–H and O–H groups in total. The fourth-order valence-corrected chi connectivity index (χ4v) is 3.00. The van der Waals surface area contributed by atoms with E-state index in [1.165, 1.54) is 37.9 Å². The Morgan fingerprint density at radius 2 is 2.29 bits per heavy atom. The number of benzene rings is 1. The Morgan fingerprint density at radius 1 is 1.47 bits per heavy atom. The highest BCUT2D eigenvalue weighted by Gasteiger charge is 2.18. The Labute approximate surface area is 111 Å². The lowest BCUT2D eigenvalue weighted by molar-refractivity contribution is 0.164. The van der Waals surface area contributed by atoms with Crippen LogP contribution in [0.2, 0.25) is 0 Å². The third-order valence-electron chi connectivity index (χ3n) is 3.59. The van der Waals surface area contributed by atoms with Crippen LogP contribution in [-0.2, 0) is 6.54 Å². The van der Waals surface area contributed by atoms with Crippen molar-refractivity contribution in [3.63, 3.8) is 0 Å². The van der Waals surface area contributed by atoms with Gasteiger partial charge >= 0.3 is 0 Å². The molecule has 1 aliphatic rings. The van der Waals surface area contributed by atoms with Crippen LogP contribution < -0.4 is 0 Å². The Bertz CT molecular complexity index is 380. The molecule has 1 aliphatic heterocycles. The van der Waals surface area contributed by atoms with Crippen LogP contribution in [0.3, 0.4) is 0 Å². The summed E-state index contributed by atoms with van der Waals surface area (Å²) in [5.74, 6) is 0.661. The Morgan fingerprint density at radius 3 is 3.00 bits per heavy atom. The minimum Gasteiger partial charge on any atom is -0.299 e. The molecule has 0 saturated carbocycles. The average molecular weight is 300 g/mol. The smallest absolute Gasteiger partial charge is 0.124 e. The van der Waals surface area contributed by atoms with Crippen molar-refractivity contribution < 1.29 is 4.39 Å². The molecule has 1 heterocycles. The molecule has 0 radical (unpaired) electrons. The van der Waals surface area contributed by atoms with Crippen LogP contribution in [0.1, 0.15) is 31.7 Å². The van der Waals surface area contributed by atoms with Crippen molar-refractivity contribution in [3.8, 4) is 0 Å². The molecule has 1 aromatic rings. The first-order valence-corrected chi connectivity index (χ1v) is 7.14. The minimum atomic E-state index is -0.175. The quantitative estimate of drug-likeness (QED) is 0.808. The van der Waals surface area contributed by atoms with Crippen molar-refractivity contribution in [1.29, 1.82) is 0 Å². The molecule has 94 valence electrons. The van der Waals surface area contributed by atoms with E-state index >= 15 is 0 Å². The van der Waals surface area contributed by atoms with Crippen molar-refractivity contribution in [2.75, 3.05) is 13.1 Å². The molecule has 0 amide bonds. The van der Waals surface area contributed by atoms with Gasteiger partial charge < -0.3 is 0 Å². The maximum atomic E-state index is 13.0. The molecule has 0 aliphatic carbocycles. The summed E-state index contributed by atoms with van der Waals surface area (Å²) in [6.07, 6.45) is 3.91. The molecule has 17 heavy (non-hydrogen) atoms. The van der Waals surface area contributed by atoms with Gasteiger partial charge in [0.25, 0.3) is 0 Å². The number of likely N-dealkylation sites (tertiary alicyclic amines) is 1. The third kappa shape index (κ3) is 3.52. The molecule has 1 unspecified atom stereocenters. The summed E-state index contributed by atoms with van der Waals surface area (Å²) in [5.41, 5.74) is 1.18. The molecule has 1 saturated heterocycles. The summed E-state index contributed by atoms with van der Waals surface area (Å²) in [4.78, 5) is 2.48. The summed E-state index contributed by atoms with van der Waals surface area (Å²) < 4.78 is 13.9. The minimum absolute atomic E-state index is 0.175. The first kappa shape index (κ1) is 13.0. The average Bonchev–Trinajstić information content (AvgIpc) is 2.33. The third-order valence-corrected chi connectivity index (χ3v) is 4.33. The van der Waals surface area contributed by atoms with Crippen LogP contribution in [0.25, 0.3) is 0 Å².